The Morgan fingerprint density at radius 2 is 1.84 bits per heavy atom. The number of pyridine rings is 1. The Balaban J connectivity index is 1.25. The molecule has 0 spiro atoms. The van der Waals surface area contributed by atoms with Crippen molar-refractivity contribution in [2.24, 2.45) is 17.8 Å². The van der Waals surface area contributed by atoms with E-state index in [1.54, 1.807) is 6.08 Å². The molecule has 4 amide bonds. The van der Waals surface area contributed by atoms with Crippen molar-refractivity contribution in [3.63, 3.8) is 0 Å². The highest BCUT2D eigenvalue weighted by atomic mass is 32.2. The number of benzene rings is 1. The molecule has 2 aliphatic carbocycles. The molecule has 5 aliphatic rings. The van der Waals surface area contributed by atoms with Gasteiger partial charge in [0.2, 0.25) is 33.6 Å². The number of carbonyl (C=O) groups is 4. The Morgan fingerprint density at radius 1 is 1.11 bits per heavy atom. The fraction of sp³-hybridized carbons (Fsp3) is 0.651. The normalized spacial score (nSPS) is 29.6. The number of allylic oxidation sites excluding steroid dienone is 1. The second-order valence-corrected chi connectivity index (χ2v) is 20.2. The topological polar surface area (TPSA) is 182 Å². The average Bonchev–Trinajstić information content (AvgIpc) is 4.11. The molecule has 0 unspecified atom stereocenters. The molecule has 1 aromatic heterocycles. The molecule has 1 saturated heterocycles. The maximum atomic E-state index is 15.1. The molecule has 3 aliphatic heterocycles. The Kier molecular flexibility index (Phi) is 12.1. The second-order valence-electron chi connectivity index (χ2n) is 18.1. The zero-order valence-electron chi connectivity index (χ0n) is 35.2. The number of aryl methyl sites for hydroxylation is 1. The molecule has 2 aromatic rings. The highest BCUT2D eigenvalue weighted by Crippen LogP contribution is 2.48. The minimum atomic E-state index is -4.44. The van der Waals surface area contributed by atoms with Gasteiger partial charge in [-0.1, -0.05) is 50.6 Å². The highest BCUT2D eigenvalue weighted by Gasteiger charge is 2.64. The smallest absolute Gasteiger partial charge is 0.408 e. The molecular formula is C43H56F3N5O9S. The van der Waals surface area contributed by atoms with Gasteiger partial charge in [0, 0.05) is 30.2 Å². The molecule has 61 heavy (non-hydrogen) atoms. The zero-order valence-corrected chi connectivity index (χ0v) is 36.0. The third-order valence-electron chi connectivity index (χ3n) is 13.3. The second kappa shape index (κ2) is 16.6. The molecule has 334 valence electrons. The van der Waals surface area contributed by atoms with E-state index < -0.39 is 92.3 Å². The molecule has 0 bridgehead atoms. The number of alkyl halides is 3. The Bertz CT molecular complexity index is 2200. The van der Waals surface area contributed by atoms with Crippen LogP contribution in [0.2, 0.25) is 0 Å². The number of halogens is 3. The maximum absolute atomic E-state index is 15.1. The van der Waals surface area contributed by atoms with E-state index in [0.717, 1.165) is 37.6 Å². The predicted octanol–water partition coefficient (Wildman–Crippen LogP) is 5.66. The summed E-state index contributed by atoms with van der Waals surface area (Å²) < 4.78 is 87.5. The predicted molar refractivity (Wildman–Crippen MR) is 218 cm³/mol. The highest BCUT2D eigenvalue weighted by molar-refractivity contribution is 7.91. The van der Waals surface area contributed by atoms with Gasteiger partial charge in [0.15, 0.2) is 5.60 Å². The van der Waals surface area contributed by atoms with E-state index in [-0.39, 0.29) is 44.0 Å². The van der Waals surface area contributed by atoms with E-state index in [0.29, 0.717) is 50.5 Å². The van der Waals surface area contributed by atoms with Crippen LogP contribution < -0.4 is 24.8 Å². The fourth-order valence-corrected chi connectivity index (χ4v) is 10.2. The number of alkyl carbamates (subject to hydrolysis) is 1. The van der Waals surface area contributed by atoms with Crippen LogP contribution in [-0.4, -0.2) is 102 Å². The Hall–Kier alpha value is -4.61. The minimum Gasteiger partial charge on any atom is -0.477 e. The molecular weight excluding hydrogens is 820 g/mol. The molecule has 7 atom stereocenters. The van der Waals surface area contributed by atoms with Crippen LogP contribution >= 0.6 is 0 Å². The largest absolute Gasteiger partial charge is 0.477 e. The van der Waals surface area contributed by atoms with Crippen LogP contribution in [0.3, 0.4) is 0 Å². The lowest BCUT2D eigenvalue weighted by Crippen LogP contribution is -2.60. The summed E-state index contributed by atoms with van der Waals surface area (Å²) in [6.07, 6.45) is 5.13. The van der Waals surface area contributed by atoms with E-state index in [9.17, 15) is 36.0 Å². The lowest BCUT2D eigenvalue weighted by molar-refractivity contribution is -0.152. The number of carbonyl (C=O) groups excluding carboxylic acids is 4. The van der Waals surface area contributed by atoms with Crippen molar-refractivity contribution >= 4 is 44.6 Å². The first kappa shape index (κ1) is 44.4. The lowest BCUT2D eigenvalue weighted by Gasteiger charge is -2.35. The quantitative estimate of drug-likeness (QED) is 0.252. The molecule has 3 N–H and O–H groups in total. The van der Waals surface area contributed by atoms with Gasteiger partial charge in [-0.05, 0) is 88.5 Å². The number of sulfonamides is 1. The number of hydrogen-bond donors (Lipinski definition) is 3. The van der Waals surface area contributed by atoms with Crippen LogP contribution in [0, 0.1) is 17.8 Å². The summed E-state index contributed by atoms with van der Waals surface area (Å²) in [5.41, 5.74) is -3.04. The number of ether oxygens (including phenoxy) is 3. The molecule has 18 heteroatoms. The van der Waals surface area contributed by atoms with Gasteiger partial charge >= 0.3 is 6.09 Å². The van der Waals surface area contributed by atoms with Gasteiger partial charge in [-0.25, -0.2) is 26.4 Å². The number of hydrogen-bond acceptors (Lipinski definition) is 10. The molecule has 14 nitrogen and oxygen atoms in total. The number of rotatable bonds is 10. The van der Waals surface area contributed by atoms with Gasteiger partial charge in [-0.3, -0.25) is 19.1 Å². The standard InChI is InChI=1S/C43H56F3N5O9S/c1-6-26-20-25(2)12-7-8-13-27-22-43(27,38(54)50-61(56,57)42(24-44)17-18-42)49-34(52)32-21-28(23-51(32)37(53)33(26)47-39(55)60-40(3,4)41(5,45)46)59-36-31-15-10-9-14-29(31)30-16-11-19-58-35(30)48-36/h8-10,13-15,25-28,32-33H,6-7,11-12,16-24H2,1-5H3,(H,47,55)(H,49,52)(H,50,54)/b13-8-/t25-,26-,27-,28-,32+,33+,43-/m1/s1. The molecule has 3 fully saturated rings. The molecule has 7 rings (SSSR count). The lowest BCUT2D eigenvalue weighted by atomic mass is 9.85. The summed E-state index contributed by atoms with van der Waals surface area (Å²) >= 11 is 0. The summed E-state index contributed by atoms with van der Waals surface area (Å²) in [7, 11) is -4.44. The number of fused-ring (bicyclic) bond motifs is 5. The van der Waals surface area contributed by atoms with E-state index >= 15 is 4.79 Å². The van der Waals surface area contributed by atoms with Gasteiger partial charge in [0.1, 0.15) is 35.1 Å². The maximum Gasteiger partial charge on any atom is 0.408 e. The molecule has 0 radical (unpaired) electrons. The van der Waals surface area contributed by atoms with Crippen molar-refractivity contribution in [1.82, 2.24) is 25.2 Å². The van der Waals surface area contributed by atoms with E-state index in [1.807, 2.05) is 44.2 Å². The van der Waals surface area contributed by atoms with Crippen molar-refractivity contribution in [2.75, 3.05) is 19.8 Å². The van der Waals surface area contributed by atoms with E-state index in [4.69, 9.17) is 19.2 Å². The third kappa shape index (κ3) is 8.74. The van der Waals surface area contributed by atoms with Gasteiger partial charge in [-0.2, -0.15) is 4.98 Å². The summed E-state index contributed by atoms with van der Waals surface area (Å²) in [5.74, 6) is -6.43. The first-order valence-electron chi connectivity index (χ1n) is 21.2. The summed E-state index contributed by atoms with van der Waals surface area (Å²) in [6.45, 7) is 5.70. The monoisotopic (exact) mass is 875 g/mol. The number of nitrogens with one attached hydrogen (secondary N) is 3. The number of amides is 4. The fourth-order valence-electron chi connectivity index (χ4n) is 8.74. The Labute approximate surface area is 354 Å². The molecule has 4 heterocycles. The summed E-state index contributed by atoms with van der Waals surface area (Å²) in [5, 5.41) is 6.95. The first-order valence-corrected chi connectivity index (χ1v) is 22.7. The zero-order chi connectivity index (χ0) is 44.1. The average molecular weight is 876 g/mol. The van der Waals surface area contributed by atoms with Crippen molar-refractivity contribution in [3.8, 4) is 11.8 Å². The van der Waals surface area contributed by atoms with Crippen molar-refractivity contribution in [3.05, 3.63) is 42.0 Å². The van der Waals surface area contributed by atoms with Crippen molar-refractivity contribution in [2.45, 2.75) is 139 Å². The summed E-state index contributed by atoms with van der Waals surface area (Å²) in [4.78, 5) is 63.2. The molecule has 2 saturated carbocycles. The van der Waals surface area contributed by atoms with E-state index in [1.165, 1.54) is 4.90 Å². The van der Waals surface area contributed by atoms with Crippen LogP contribution in [-0.2, 0) is 35.6 Å². The van der Waals surface area contributed by atoms with Gasteiger partial charge in [0.05, 0.1) is 13.2 Å². The van der Waals surface area contributed by atoms with Gasteiger partial charge in [-0.15, -0.1) is 0 Å². The van der Waals surface area contributed by atoms with Crippen LogP contribution in [0.15, 0.2) is 36.4 Å². The number of nitrogens with zero attached hydrogens (tertiary/aromatic N) is 2. The van der Waals surface area contributed by atoms with Crippen LogP contribution in [0.1, 0.15) is 98.0 Å². The third-order valence-corrected chi connectivity index (χ3v) is 15.4. The van der Waals surface area contributed by atoms with Crippen LogP contribution in [0.25, 0.3) is 10.8 Å². The van der Waals surface area contributed by atoms with Crippen molar-refractivity contribution in [1.29, 1.82) is 0 Å². The SMILES string of the molecule is CC[C@@H]1C[C@H](C)CC/C=C\[C@@H]2C[C@@]2(C(=O)NS(=O)(=O)C2(CF)CC2)NC(=O)[C@@H]2C[C@@H](Oc3nc4c(c5ccccc35)CCCO4)CN2C(=O)[C@H]1NC(=O)OC(C)(C)C(C)(F)F. The number of aromatic nitrogens is 1. The van der Waals surface area contributed by atoms with Gasteiger partial charge in [0.25, 0.3) is 11.8 Å². The van der Waals surface area contributed by atoms with Crippen LogP contribution in [0.4, 0.5) is 18.0 Å². The first-order chi connectivity index (χ1) is 28.7. The molecule has 1 aromatic carbocycles. The summed E-state index contributed by atoms with van der Waals surface area (Å²) in [6, 6.07) is 4.86. The van der Waals surface area contributed by atoms with Crippen LogP contribution in [0.5, 0.6) is 11.8 Å². The van der Waals surface area contributed by atoms with E-state index in [2.05, 4.69) is 15.4 Å². The van der Waals surface area contributed by atoms with Crippen molar-refractivity contribution < 1.29 is 55.0 Å². The Morgan fingerprint density at radius 3 is 2.51 bits per heavy atom. The van der Waals surface area contributed by atoms with Gasteiger partial charge < -0.3 is 29.7 Å². The minimum absolute atomic E-state index is 0.00658.